The molecule has 0 atom stereocenters. The van der Waals surface area contributed by atoms with Crippen LogP contribution in [0.3, 0.4) is 0 Å². The lowest BCUT2D eigenvalue weighted by molar-refractivity contribution is 0.518. The molecular formula is C14H24N2O. The molecule has 17 heavy (non-hydrogen) atoms. The second-order valence-electron chi connectivity index (χ2n) is 5.38. The summed E-state index contributed by atoms with van der Waals surface area (Å²) in [5, 5.41) is 0. The van der Waals surface area contributed by atoms with Crippen molar-refractivity contribution >= 4 is 0 Å². The van der Waals surface area contributed by atoms with Crippen LogP contribution >= 0.6 is 0 Å². The van der Waals surface area contributed by atoms with E-state index in [0.29, 0.717) is 0 Å². The number of pyridine rings is 1. The van der Waals surface area contributed by atoms with Gasteiger partial charge >= 0.3 is 0 Å². The number of nitrogens with two attached hydrogens (primary N) is 1. The Morgan fingerprint density at radius 2 is 1.94 bits per heavy atom. The quantitative estimate of drug-likeness (QED) is 0.873. The van der Waals surface area contributed by atoms with Gasteiger partial charge in [-0.15, -0.1) is 0 Å². The molecule has 1 heterocycles. The van der Waals surface area contributed by atoms with Gasteiger partial charge in [0.2, 0.25) is 0 Å². The Labute approximate surface area is 104 Å². The van der Waals surface area contributed by atoms with Crippen LogP contribution in [0.15, 0.2) is 10.9 Å². The normalized spacial score (nSPS) is 11.9. The lowest BCUT2D eigenvalue weighted by Gasteiger charge is -2.23. The summed E-state index contributed by atoms with van der Waals surface area (Å²) in [6, 6.07) is 2.06. The Hall–Kier alpha value is -1.09. The number of rotatable bonds is 4. The first-order valence-corrected chi connectivity index (χ1v) is 6.29. The fraction of sp³-hybridized carbons (Fsp3) is 0.643. The molecule has 1 aromatic heterocycles. The fourth-order valence-electron chi connectivity index (χ4n) is 2.31. The van der Waals surface area contributed by atoms with Crippen molar-refractivity contribution in [2.45, 2.75) is 59.5 Å². The highest BCUT2D eigenvalue weighted by atomic mass is 16.1. The van der Waals surface area contributed by atoms with Crippen LogP contribution in [0.4, 0.5) is 0 Å². The molecule has 0 aliphatic heterocycles. The van der Waals surface area contributed by atoms with Gasteiger partial charge in [-0.1, -0.05) is 13.3 Å². The molecule has 0 aliphatic carbocycles. The Morgan fingerprint density at radius 3 is 2.41 bits per heavy atom. The molecule has 0 radical (unpaired) electrons. The van der Waals surface area contributed by atoms with Crippen molar-refractivity contribution in [2.75, 3.05) is 0 Å². The van der Waals surface area contributed by atoms with E-state index in [9.17, 15) is 4.79 Å². The topological polar surface area (TPSA) is 48.0 Å². The molecule has 3 nitrogen and oxygen atoms in total. The van der Waals surface area contributed by atoms with E-state index in [-0.39, 0.29) is 5.56 Å². The average Bonchev–Trinajstić information content (AvgIpc) is 2.14. The van der Waals surface area contributed by atoms with E-state index in [2.05, 4.69) is 13.0 Å². The van der Waals surface area contributed by atoms with Gasteiger partial charge in [0.15, 0.2) is 0 Å². The molecule has 0 amide bonds. The van der Waals surface area contributed by atoms with Crippen molar-refractivity contribution in [3.63, 3.8) is 0 Å². The minimum absolute atomic E-state index is 0.0726. The number of nitrogens with zero attached hydrogens (tertiary/aromatic N) is 1. The zero-order valence-corrected chi connectivity index (χ0v) is 11.6. The van der Waals surface area contributed by atoms with Crippen molar-refractivity contribution in [1.29, 1.82) is 0 Å². The van der Waals surface area contributed by atoms with Gasteiger partial charge in [0.25, 0.3) is 5.56 Å². The number of unbranched alkanes of at least 4 members (excludes halogenated alkanes) is 1. The summed E-state index contributed by atoms with van der Waals surface area (Å²) in [4.78, 5) is 12.4. The van der Waals surface area contributed by atoms with Gasteiger partial charge in [0.05, 0.1) is 0 Å². The SMILES string of the molecule is CCCCn1c(C)cc(C)c(C(C)(C)N)c1=O. The van der Waals surface area contributed by atoms with Crippen molar-refractivity contribution in [3.05, 3.63) is 33.2 Å². The summed E-state index contributed by atoms with van der Waals surface area (Å²) >= 11 is 0. The van der Waals surface area contributed by atoms with E-state index in [0.717, 1.165) is 36.2 Å². The average molecular weight is 236 g/mol. The summed E-state index contributed by atoms with van der Waals surface area (Å²) in [6.45, 7) is 10.6. The first kappa shape index (κ1) is 14.0. The summed E-state index contributed by atoms with van der Waals surface area (Å²) in [6.07, 6.45) is 2.11. The van der Waals surface area contributed by atoms with E-state index in [4.69, 9.17) is 5.73 Å². The lowest BCUT2D eigenvalue weighted by atomic mass is 9.92. The van der Waals surface area contributed by atoms with Crippen LogP contribution in [0.25, 0.3) is 0 Å². The zero-order chi connectivity index (χ0) is 13.2. The first-order chi connectivity index (χ1) is 7.79. The van der Waals surface area contributed by atoms with Crippen LogP contribution in [-0.4, -0.2) is 4.57 Å². The van der Waals surface area contributed by atoms with Crippen molar-refractivity contribution in [1.82, 2.24) is 4.57 Å². The van der Waals surface area contributed by atoms with Crippen molar-refractivity contribution < 1.29 is 0 Å². The second-order valence-corrected chi connectivity index (χ2v) is 5.38. The number of aromatic nitrogens is 1. The molecule has 0 aromatic carbocycles. The highest BCUT2D eigenvalue weighted by molar-refractivity contribution is 5.31. The Morgan fingerprint density at radius 1 is 1.35 bits per heavy atom. The monoisotopic (exact) mass is 236 g/mol. The Kier molecular flexibility index (Phi) is 4.15. The van der Waals surface area contributed by atoms with Gasteiger partial charge in [-0.2, -0.15) is 0 Å². The molecule has 0 fully saturated rings. The van der Waals surface area contributed by atoms with Gasteiger partial charge in [-0.3, -0.25) is 4.79 Å². The van der Waals surface area contributed by atoms with Crippen LogP contribution in [0.2, 0.25) is 0 Å². The highest BCUT2D eigenvalue weighted by Crippen LogP contribution is 2.18. The molecule has 2 N–H and O–H groups in total. The molecule has 1 aromatic rings. The largest absolute Gasteiger partial charge is 0.322 e. The zero-order valence-electron chi connectivity index (χ0n) is 11.6. The molecule has 96 valence electrons. The predicted molar refractivity (Wildman–Crippen MR) is 72.3 cm³/mol. The van der Waals surface area contributed by atoms with E-state index in [1.807, 2.05) is 32.3 Å². The van der Waals surface area contributed by atoms with E-state index < -0.39 is 5.54 Å². The number of aryl methyl sites for hydroxylation is 2. The van der Waals surface area contributed by atoms with E-state index >= 15 is 0 Å². The fourth-order valence-corrected chi connectivity index (χ4v) is 2.31. The molecule has 0 unspecified atom stereocenters. The molecule has 0 saturated carbocycles. The molecular weight excluding hydrogens is 212 g/mol. The molecule has 0 spiro atoms. The maximum Gasteiger partial charge on any atom is 0.256 e. The maximum atomic E-state index is 12.4. The third kappa shape index (κ3) is 2.97. The van der Waals surface area contributed by atoms with Crippen molar-refractivity contribution in [2.24, 2.45) is 5.73 Å². The van der Waals surface area contributed by atoms with Gasteiger partial charge < -0.3 is 10.3 Å². The Balaban J connectivity index is 3.39. The van der Waals surface area contributed by atoms with Crippen LogP contribution < -0.4 is 11.3 Å². The highest BCUT2D eigenvalue weighted by Gasteiger charge is 2.22. The van der Waals surface area contributed by atoms with Gasteiger partial charge in [0, 0.05) is 23.3 Å². The van der Waals surface area contributed by atoms with Gasteiger partial charge in [-0.05, 0) is 45.7 Å². The third-order valence-electron chi connectivity index (χ3n) is 3.08. The third-order valence-corrected chi connectivity index (χ3v) is 3.08. The first-order valence-electron chi connectivity index (χ1n) is 6.29. The summed E-state index contributed by atoms with van der Waals surface area (Å²) in [5.74, 6) is 0. The molecule has 3 heteroatoms. The van der Waals surface area contributed by atoms with Crippen LogP contribution in [0.1, 0.15) is 50.4 Å². The Bertz CT molecular complexity index is 453. The van der Waals surface area contributed by atoms with Crippen LogP contribution in [-0.2, 0) is 12.1 Å². The smallest absolute Gasteiger partial charge is 0.256 e. The van der Waals surface area contributed by atoms with Crippen molar-refractivity contribution in [3.8, 4) is 0 Å². The molecule has 0 saturated heterocycles. The number of hydrogen-bond acceptors (Lipinski definition) is 2. The van der Waals surface area contributed by atoms with Crippen LogP contribution in [0.5, 0.6) is 0 Å². The predicted octanol–water partition coefficient (Wildman–Crippen LogP) is 2.46. The maximum absolute atomic E-state index is 12.4. The number of hydrogen-bond donors (Lipinski definition) is 1. The molecule has 1 rings (SSSR count). The molecule has 0 aliphatic rings. The van der Waals surface area contributed by atoms with Crippen LogP contribution in [0, 0.1) is 13.8 Å². The van der Waals surface area contributed by atoms with E-state index in [1.165, 1.54) is 0 Å². The van der Waals surface area contributed by atoms with Gasteiger partial charge in [-0.25, -0.2) is 0 Å². The van der Waals surface area contributed by atoms with E-state index in [1.54, 1.807) is 0 Å². The minimum Gasteiger partial charge on any atom is -0.322 e. The summed E-state index contributed by atoms with van der Waals surface area (Å²) in [7, 11) is 0. The summed E-state index contributed by atoms with van der Waals surface area (Å²) in [5.41, 5.74) is 8.34. The minimum atomic E-state index is -0.581. The summed E-state index contributed by atoms with van der Waals surface area (Å²) < 4.78 is 1.85. The lowest BCUT2D eigenvalue weighted by Crippen LogP contribution is -2.39. The second kappa shape index (κ2) is 5.05. The standard InChI is InChI=1S/C14H24N2O/c1-6-7-8-16-11(3)9-10(2)12(13(16)17)14(4,5)15/h9H,6-8,15H2,1-5H3. The molecule has 0 bridgehead atoms. The van der Waals surface area contributed by atoms with Gasteiger partial charge in [0.1, 0.15) is 0 Å².